The van der Waals surface area contributed by atoms with Gasteiger partial charge in [-0.25, -0.2) is 4.79 Å². The van der Waals surface area contributed by atoms with Gasteiger partial charge in [0.15, 0.2) is 5.78 Å². The van der Waals surface area contributed by atoms with E-state index in [0.29, 0.717) is 12.8 Å². The van der Waals surface area contributed by atoms with Crippen LogP contribution >= 0.6 is 0 Å². The number of methoxy groups -OCH3 is 1. The highest BCUT2D eigenvalue weighted by molar-refractivity contribution is 5.97. The quantitative estimate of drug-likeness (QED) is 0.266. The van der Waals surface area contributed by atoms with Crippen LogP contribution in [0.25, 0.3) is 0 Å². The van der Waals surface area contributed by atoms with E-state index in [1.54, 1.807) is 38.9 Å². The minimum Gasteiger partial charge on any atom is -0.444 e. The summed E-state index contributed by atoms with van der Waals surface area (Å²) in [6.07, 6.45) is 7.15. The second-order valence-electron chi connectivity index (χ2n) is 11.6. The van der Waals surface area contributed by atoms with Gasteiger partial charge in [-0.2, -0.15) is 0 Å². The summed E-state index contributed by atoms with van der Waals surface area (Å²) in [4.78, 5) is 54.1. The lowest BCUT2D eigenvalue weighted by Crippen LogP contribution is -2.53. The molecule has 8 heteroatoms. The average Bonchev–Trinajstić information content (AvgIpc) is 3.42. The first-order valence-electron chi connectivity index (χ1n) is 13.4. The van der Waals surface area contributed by atoms with Crippen molar-refractivity contribution in [3.05, 3.63) is 25.3 Å². The summed E-state index contributed by atoms with van der Waals surface area (Å²) < 4.78 is 11.0. The van der Waals surface area contributed by atoms with Crippen LogP contribution in [0.15, 0.2) is 25.3 Å². The molecule has 2 rings (SSSR count). The Morgan fingerprint density at radius 1 is 1.16 bits per heavy atom. The monoisotopic (exact) mass is 518 g/mol. The van der Waals surface area contributed by atoms with Crippen molar-refractivity contribution in [2.24, 2.45) is 17.3 Å². The summed E-state index contributed by atoms with van der Waals surface area (Å²) in [5, 5.41) is 2.75. The molecule has 2 aliphatic rings. The summed E-state index contributed by atoms with van der Waals surface area (Å²) in [7, 11) is 1.57. The van der Waals surface area contributed by atoms with E-state index in [9.17, 15) is 19.2 Å². The highest BCUT2D eigenvalue weighted by Crippen LogP contribution is 2.57. The number of carbonyl (C=O) groups excluding carboxylic acids is 4. The van der Waals surface area contributed by atoms with Gasteiger partial charge in [-0.1, -0.05) is 31.9 Å². The average molecular weight is 519 g/mol. The minimum absolute atomic E-state index is 0.0230. The number of nitrogens with one attached hydrogen (secondary N) is 1. The zero-order chi connectivity index (χ0) is 28.0. The number of ether oxygens (including phenoxy) is 2. The molecule has 1 aliphatic carbocycles. The lowest BCUT2D eigenvalue weighted by atomic mass is 9.86. The topological polar surface area (TPSA) is 102 Å². The van der Waals surface area contributed by atoms with Gasteiger partial charge in [-0.3, -0.25) is 14.4 Å². The Labute approximate surface area is 222 Å². The highest BCUT2D eigenvalue weighted by Gasteiger charge is 2.59. The molecule has 2 fully saturated rings. The van der Waals surface area contributed by atoms with Crippen molar-refractivity contribution in [2.45, 2.75) is 103 Å². The number of nitrogens with zero attached hydrogens (tertiary/aromatic N) is 1. The Hall–Kier alpha value is -2.48. The normalized spacial score (nSPS) is 27.8. The standard InChI is InChI=1S/C29H46N2O6/c1-9-11-12-13-14-15-22(30-27(35)37-28(5,6)7)26(34)31-18-24(36-8)19(3)25(31)23(33)17-29(20(4)32)16-21(29)10-2/h9-10,19,21-22,24-25H,1-2,11-18H2,3-8H3,(H,30,35)/t19?,21-,22+,24+,25+,29+/m1/s1. The first-order valence-corrected chi connectivity index (χ1v) is 13.4. The van der Waals surface area contributed by atoms with Crippen LogP contribution < -0.4 is 5.32 Å². The fourth-order valence-electron chi connectivity index (χ4n) is 5.46. The molecule has 0 aromatic rings. The molecule has 1 saturated heterocycles. The molecule has 0 spiro atoms. The molecular weight excluding hydrogens is 472 g/mol. The molecule has 37 heavy (non-hydrogen) atoms. The van der Waals surface area contributed by atoms with Gasteiger partial charge in [0.2, 0.25) is 5.91 Å². The van der Waals surface area contributed by atoms with Crippen LogP contribution in [-0.4, -0.2) is 65.9 Å². The van der Waals surface area contributed by atoms with Gasteiger partial charge in [0.25, 0.3) is 0 Å². The second-order valence-corrected chi connectivity index (χ2v) is 11.6. The van der Waals surface area contributed by atoms with E-state index in [1.165, 1.54) is 6.92 Å². The highest BCUT2D eigenvalue weighted by atomic mass is 16.6. The number of carbonyl (C=O) groups is 4. The fraction of sp³-hybridized carbons (Fsp3) is 0.724. The van der Waals surface area contributed by atoms with Crippen LogP contribution in [0, 0.1) is 17.3 Å². The van der Waals surface area contributed by atoms with E-state index < -0.39 is 29.2 Å². The van der Waals surface area contributed by atoms with Crippen molar-refractivity contribution in [2.75, 3.05) is 13.7 Å². The lowest BCUT2D eigenvalue weighted by molar-refractivity contribution is -0.141. The van der Waals surface area contributed by atoms with Crippen LogP contribution in [0.2, 0.25) is 0 Å². The molecule has 1 aliphatic heterocycles. The summed E-state index contributed by atoms with van der Waals surface area (Å²) >= 11 is 0. The third-order valence-electron chi connectivity index (χ3n) is 7.71. The van der Waals surface area contributed by atoms with Crippen molar-refractivity contribution < 1.29 is 28.7 Å². The molecule has 0 aromatic heterocycles. The molecule has 0 radical (unpaired) electrons. The van der Waals surface area contributed by atoms with Gasteiger partial charge >= 0.3 is 6.09 Å². The van der Waals surface area contributed by atoms with Crippen molar-refractivity contribution in [1.82, 2.24) is 10.2 Å². The van der Waals surface area contributed by atoms with Crippen LogP contribution in [0.3, 0.4) is 0 Å². The zero-order valence-electron chi connectivity index (χ0n) is 23.5. The van der Waals surface area contributed by atoms with Gasteiger partial charge in [-0.05, 0) is 59.3 Å². The van der Waals surface area contributed by atoms with Gasteiger partial charge < -0.3 is 19.7 Å². The van der Waals surface area contributed by atoms with Crippen molar-refractivity contribution >= 4 is 23.6 Å². The summed E-state index contributed by atoms with van der Waals surface area (Å²) in [5.74, 6) is -0.776. The molecule has 0 bridgehead atoms. The summed E-state index contributed by atoms with van der Waals surface area (Å²) in [6, 6.07) is -1.57. The number of rotatable bonds is 14. The number of alkyl carbamates (subject to hydrolysis) is 1. The molecule has 1 N–H and O–H groups in total. The molecular formula is C29H46N2O6. The van der Waals surface area contributed by atoms with Gasteiger partial charge in [0.1, 0.15) is 17.4 Å². The Kier molecular flexibility index (Phi) is 10.7. The van der Waals surface area contributed by atoms with E-state index >= 15 is 0 Å². The minimum atomic E-state index is -0.833. The van der Waals surface area contributed by atoms with Crippen molar-refractivity contribution in [1.29, 1.82) is 0 Å². The molecule has 0 aromatic carbocycles. The molecule has 208 valence electrons. The molecule has 2 amide bonds. The second kappa shape index (κ2) is 12.9. The number of ketones is 2. The fourth-order valence-corrected chi connectivity index (χ4v) is 5.46. The first-order chi connectivity index (χ1) is 17.3. The van der Waals surface area contributed by atoms with E-state index in [0.717, 1.165) is 25.7 Å². The van der Waals surface area contributed by atoms with Crippen LogP contribution in [0.4, 0.5) is 4.79 Å². The number of allylic oxidation sites excluding steroid dienone is 2. The number of unbranched alkanes of at least 4 members (excludes halogenated alkanes) is 3. The van der Waals surface area contributed by atoms with E-state index in [1.807, 2.05) is 13.0 Å². The third-order valence-corrected chi connectivity index (χ3v) is 7.71. The van der Waals surface area contributed by atoms with E-state index in [2.05, 4.69) is 18.5 Å². The van der Waals surface area contributed by atoms with E-state index in [-0.39, 0.29) is 48.4 Å². The lowest BCUT2D eigenvalue weighted by Gasteiger charge is -2.31. The smallest absolute Gasteiger partial charge is 0.408 e. The molecule has 6 atom stereocenters. The first kappa shape index (κ1) is 30.7. The Balaban J connectivity index is 2.26. The largest absolute Gasteiger partial charge is 0.444 e. The maximum atomic E-state index is 13.9. The number of hydrogen-bond acceptors (Lipinski definition) is 6. The summed E-state index contributed by atoms with van der Waals surface area (Å²) in [5.41, 5.74) is -1.44. The van der Waals surface area contributed by atoms with Crippen molar-refractivity contribution in [3.63, 3.8) is 0 Å². The third kappa shape index (κ3) is 7.76. The van der Waals surface area contributed by atoms with Gasteiger partial charge in [0.05, 0.1) is 12.1 Å². The predicted octanol–water partition coefficient (Wildman–Crippen LogP) is 4.62. The Morgan fingerprint density at radius 2 is 1.84 bits per heavy atom. The summed E-state index contributed by atoms with van der Waals surface area (Å²) in [6.45, 7) is 16.5. The van der Waals surface area contributed by atoms with Crippen LogP contribution in [-0.2, 0) is 23.9 Å². The maximum absolute atomic E-state index is 13.9. The number of hydrogen-bond donors (Lipinski definition) is 1. The van der Waals surface area contributed by atoms with E-state index in [4.69, 9.17) is 9.47 Å². The number of Topliss-reactive ketones (excluding diaryl/α,β-unsaturated/α-hetero) is 2. The van der Waals surface area contributed by atoms with Gasteiger partial charge in [0, 0.05) is 31.4 Å². The Morgan fingerprint density at radius 3 is 2.35 bits per heavy atom. The predicted molar refractivity (Wildman–Crippen MR) is 143 cm³/mol. The molecule has 8 nitrogen and oxygen atoms in total. The van der Waals surface area contributed by atoms with Gasteiger partial charge in [-0.15, -0.1) is 13.2 Å². The molecule has 1 unspecified atom stereocenters. The number of likely N-dealkylation sites (tertiary alicyclic amines) is 1. The Bertz CT molecular complexity index is 878. The van der Waals surface area contributed by atoms with Crippen LogP contribution in [0.5, 0.6) is 0 Å². The zero-order valence-corrected chi connectivity index (χ0v) is 23.5. The molecule has 1 heterocycles. The number of amides is 2. The maximum Gasteiger partial charge on any atom is 0.408 e. The van der Waals surface area contributed by atoms with Crippen LogP contribution in [0.1, 0.15) is 79.6 Å². The molecule has 1 saturated carbocycles. The van der Waals surface area contributed by atoms with Crippen molar-refractivity contribution in [3.8, 4) is 0 Å². The SMILES string of the molecule is C=CCCCCC[C@H](NC(=O)OC(C)(C)C)C(=O)N1C[C@H](OC)C(C)[C@H]1C(=O)C[C@]1(C(C)=O)C[C@H]1C=C.